The highest BCUT2D eigenvalue weighted by atomic mass is 16.5. The predicted octanol–water partition coefficient (Wildman–Crippen LogP) is 1.21. The van der Waals surface area contributed by atoms with Crippen LogP contribution in [0, 0.1) is 11.8 Å². The van der Waals surface area contributed by atoms with Crippen LogP contribution in [-0.4, -0.2) is 72.4 Å². The molecule has 1 N–H and O–H groups in total. The highest BCUT2D eigenvalue weighted by molar-refractivity contribution is 5.78. The van der Waals surface area contributed by atoms with E-state index in [1.165, 1.54) is 0 Å². The average molecular weight is 300 g/mol. The van der Waals surface area contributed by atoms with Crippen molar-refractivity contribution in [1.29, 1.82) is 0 Å². The van der Waals surface area contributed by atoms with Gasteiger partial charge in [0.15, 0.2) is 0 Å². The van der Waals surface area contributed by atoms with E-state index < -0.39 is 0 Å². The summed E-state index contributed by atoms with van der Waals surface area (Å²) in [6, 6.07) is 0.219. The van der Waals surface area contributed by atoms with Crippen LogP contribution in [0.3, 0.4) is 0 Å². The largest absolute Gasteiger partial charge is 0.394 e. The Morgan fingerprint density at radius 1 is 1.29 bits per heavy atom. The number of rotatable bonds is 7. The average Bonchev–Trinajstić information content (AvgIpc) is 2.39. The van der Waals surface area contributed by atoms with Crippen LogP contribution >= 0.6 is 0 Å². The second kappa shape index (κ2) is 8.71. The maximum absolute atomic E-state index is 12.6. The SMILES string of the molecule is CC(C)CN(CC(C)C)C(=O)CN1CC(CO)OCC1C. The Kier molecular flexibility index (Phi) is 7.63. The van der Waals surface area contributed by atoms with Crippen molar-refractivity contribution >= 4 is 5.91 Å². The van der Waals surface area contributed by atoms with Crippen LogP contribution in [0.25, 0.3) is 0 Å². The first-order valence-corrected chi connectivity index (χ1v) is 8.07. The Bertz CT molecular complexity index is 311. The van der Waals surface area contributed by atoms with Gasteiger partial charge in [0.2, 0.25) is 5.91 Å². The summed E-state index contributed by atoms with van der Waals surface area (Å²) in [5, 5.41) is 9.23. The summed E-state index contributed by atoms with van der Waals surface area (Å²) < 4.78 is 5.52. The van der Waals surface area contributed by atoms with Crippen LogP contribution < -0.4 is 0 Å². The zero-order chi connectivity index (χ0) is 16.0. The second-order valence-electron chi connectivity index (χ2n) is 7.00. The normalized spacial score (nSPS) is 23.8. The molecular formula is C16H32N2O3. The van der Waals surface area contributed by atoms with E-state index in [0.717, 1.165) is 13.1 Å². The van der Waals surface area contributed by atoms with Crippen molar-refractivity contribution in [2.45, 2.75) is 46.8 Å². The number of aliphatic hydroxyl groups excluding tert-OH is 1. The Hall–Kier alpha value is -0.650. The number of morpholine rings is 1. The third kappa shape index (κ3) is 6.32. The van der Waals surface area contributed by atoms with Gasteiger partial charge in [-0.25, -0.2) is 0 Å². The highest BCUT2D eigenvalue weighted by Crippen LogP contribution is 2.13. The minimum Gasteiger partial charge on any atom is -0.394 e. The summed E-state index contributed by atoms with van der Waals surface area (Å²) in [7, 11) is 0. The van der Waals surface area contributed by atoms with Gasteiger partial charge in [-0.15, -0.1) is 0 Å². The minimum atomic E-state index is -0.169. The number of hydrogen-bond acceptors (Lipinski definition) is 4. The topological polar surface area (TPSA) is 53.0 Å². The van der Waals surface area contributed by atoms with E-state index in [4.69, 9.17) is 4.74 Å². The maximum atomic E-state index is 12.6. The molecule has 0 saturated carbocycles. The molecule has 1 saturated heterocycles. The van der Waals surface area contributed by atoms with Gasteiger partial charge < -0.3 is 14.7 Å². The highest BCUT2D eigenvalue weighted by Gasteiger charge is 2.28. The van der Waals surface area contributed by atoms with Crippen molar-refractivity contribution in [2.24, 2.45) is 11.8 Å². The van der Waals surface area contributed by atoms with E-state index in [9.17, 15) is 9.90 Å². The molecule has 1 amide bonds. The molecule has 5 heteroatoms. The van der Waals surface area contributed by atoms with Gasteiger partial charge in [0.1, 0.15) is 0 Å². The zero-order valence-electron chi connectivity index (χ0n) is 14.2. The molecule has 0 spiro atoms. The van der Waals surface area contributed by atoms with Crippen molar-refractivity contribution in [3.8, 4) is 0 Å². The summed E-state index contributed by atoms with van der Waals surface area (Å²) in [6.45, 7) is 13.9. The summed E-state index contributed by atoms with van der Waals surface area (Å²) in [5.41, 5.74) is 0. The standard InChI is InChI=1S/C16H32N2O3/c1-12(2)6-18(7-13(3)4)16(20)9-17-8-15(10-19)21-11-14(17)5/h12-15,19H,6-11H2,1-5H3. The molecule has 2 unspecified atom stereocenters. The lowest BCUT2D eigenvalue weighted by atomic mass is 10.1. The van der Waals surface area contributed by atoms with Crippen LogP contribution in [0.2, 0.25) is 0 Å². The number of carbonyl (C=O) groups is 1. The Morgan fingerprint density at radius 3 is 2.33 bits per heavy atom. The maximum Gasteiger partial charge on any atom is 0.236 e. The molecule has 5 nitrogen and oxygen atoms in total. The number of ether oxygens (including phenoxy) is 1. The van der Waals surface area contributed by atoms with Crippen molar-refractivity contribution in [3.05, 3.63) is 0 Å². The van der Waals surface area contributed by atoms with Crippen molar-refractivity contribution < 1.29 is 14.6 Å². The molecule has 0 bridgehead atoms. The van der Waals surface area contributed by atoms with Crippen LogP contribution in [0.1, 0.15) is 34.6 Å². The van der Waals surface area contributed by atoms with Gasteiger partial charge in [0.25, 0.3) is 0 Å². The van der Waals surface area contributed by atoms with E-state index in [1.807, 2.05) is 4.90 Å². The molecule has 0 aliphatic carbocycles. The molecule has 0 aromatic rings. The van der Waals surface area contributed by atoms with Crippen molar-refractivity contribution in [3.63, 3.8) is 0 Å². The van der Waals surface area contributed by atoms with Gasteiger partial charge in [0.05, 0.1) is 25.9 Å². The number of hydrogen-bond donors (Lipinski definition) is 1. The van der Waals surface area contributed by atoms with Crippen LogP contribution in [0.4, 0.5) is 0 Å². The van der Waals surface area contributed by atoms with Crippen LogP contribution in [0.5, 0.6) is 0 Å². The first-order valence-electron chi connectivity index (χ1n) is 8.07. The summed E-state index contributed by atoms with van der Waals surface area (Å²) >= 11 is 0. The molecule has 1 fully saturated rings. The minimum absolute atomic E-state index is 0.0130. The lowest BCUT2D eigenvalue weighted by Crippen LogP contribution is -2.53. The molecule has 1 aliphatic rings. The smallest absolute Gasteiger partial charge is 0.236 e. The summed E-state index contributed by atoms with van der Waals surface area (Å²) in [5.74, 6) is 1.13. The molecule has 124 valence electrons. The van der Waals surface area contributed by atoms with E-state index >= 15 is 0 Å². The molecular weight excluding hydrogens is 268 g/mol. The fraction of sp³-hybridized carbons (Fsp3) is 0.938. The van der Waals surface area contributed by atoms with Crippen LogP contribution in [-0.2, 0) is 9.53 Å². The van der Waals surface area contributed by atoms with Gasteiger partial charge in [-0.2, -0.15) is 0 Å². The molecule has 1 rings (SSSR count). The second-order valence-corrected chi connectivity index (χ2v) is 7.00. The molecule has 2 atom stereocenters. The third-order valence-corrected chi connectivity index (χ3v) is 3.70. The van der Waals surface area contributed by atoms with Crippen molar-refractivity contribution in [2.75, 3.05) is 39.4 Å². The van der Waals surface area contributed by atoms with E-state index in [0.29, 0.717) is 31.5 Å². The quantitative estimate of drug-likeness (QED) is 0.768. The molecule has 0 aromatic carbocycles. The zero-order valence-corrected chi connectivity index (χ0v) is 14.2. The van der Waals surface area contributed by atoms with Gasteiger partial charge in [-0.05, 0) is 18.8 Å². The van der Waals surface area contributed by atoms with E-state index in [1.54, 1.807) is 0 Å². The lowest BCUT2D eigenvalue weighted by molar-refractivity contribution is -0.138. The number of aliphatic hydroxyl groups is 1. The number of amides is 1. The van der Waals surface area contributed by atoms with E-state index in [-0.39, 0.29) is 24.7 Å². The molecule has 1 heterocycles. The lowest BCUT2D eigenvalue weighted by Gasteiger charge is -2.38. The number of nitrogens with zero attached hydrogens (tertiary/aromatic N) is 2. The Balaban J connectivity index is 2.61. The van der Waals surface area contributed by atoms with E-state index in [2.05, 4.69) is 39.5 Å². The predicted molar refractivity (Wildman–Crippen MR) is 84.1 cm³/mol. The Morgan fingerprint density at radius 2 is 1.86 bits per heavy atom. The summed E-state index contributed by atoms with van der Waals surface area (Å²) in [6.07, 6.45) is -0.169. The van der Waals surface area contributed by atoms with Gasteiger partial charge in [-0.1, -0.05) is 27.7 Å². The Labute approximate surface area is 129 Å². The molecule has 1 aliphatic heterocycles. The van der Waals surface area contributed by atoms with Gasteiger partial charge >= 0.3 is 0 Å². The molecule has 21 heavy (non-hydrogen) atoms. The number of carbonyl (C=O) groups excluding carboxylic acids is 1. The first kappa shape index (κ1) is 18.4. The monoisotopic (exact) mass is 300 g/mol. The van der Waals surface area contributed by atoms with Crippen LogP contribution in [0.15, 0.2) is 0 Å². The fourth-order valence-electron chi connectivity index (χ4n) is 2.64. The first-order chi connectivity index (χ1) is 9.83. The van der Waals surface area contributed by atoms with Gasteiger partial charge in [-0.3, -0.25) is 9.69 Å². The third-order valence-electron chi connectivity index (χ3n) is 3.70. The molecule has 0 aromatic heterocycles. The summed E-state index contributed by atoms with van der Waals surface area (Å²) in [4.78, 5) is 16.7. The van der Waals surface area contributed by atoms with Crippen molar-refractivity contribution in [1.82, 2.24) is 9.80 Å². The molecule has 0 radical (unpaired) electrons. The fourth-order valence-corrected chi connectivity index (χ4v) is 2.64. The van der Waals surface area contributed by atoms with Gasteiger partial charge in [0, 0.05) is 25.7 Å².